The maximum atomic E-state index is 12.7. The SMILES string of the molecule is CCc1cnc(CN(C)[C@@H]2CCN(c3sccc3C#N)C2=O)s1. The van der Waals surface area contributed by atoms with Crippen LogP contribution in [0, 0.1) is 11.3 Å². The number of thiophene rings is 1. The standard InChI is InChI=1S/C16H18N4OS2/c1-3-12-9-18-14(23-12)10-19(2)13-4-6-20(15(13)21)16-11(8-17)5-7-22-16/h5,7,9,13H,3-4,6,10H2,1-2H3/t13-/m1/s1. The zero-order chi connectivity index (χ0) is 16.4. The summed E-state index contributed by atoms with van der Waals surface area (Å²) in [7, 11) is 1.97. The summed E-state index contributed by atoms with van der Waals surface area (Å²) in [6.07, 6.45) is 3.69. The van der Waals surface area contributed by atoms with E-state index in [1.165, 1.54) is 16.2 Å². The smallest absolute Gasteiger partial charge is 0.245 e. The van der Waals surface area contributed by atoms with E-state index in [2.05, 4.69) is 22.9 Å². The van der Waals surface area contributed by atoms with Crippen LogP contribution in [0.15, 0.2) is 17.6 Å². The second-order valence-corrected chi connectivity index (χ2v) is 7.63. The van der Waals surface area contributed by atoms with Crippen molar-refractivity contribution in [3.8, 4) is 6.07 Å². The molecular weight excluding hydrogens is 328 g/mol. The summed E-state index contributed by atoms with van der Waals surface area (Å²) < 4.78 is 0. The number of aromatic nitrogens is 1. The van der Waals surface area contributed by atoms with Crippen LogP contribution in [0.3, 0.4) is 0 Å². The van der Waals surface area contributed by atoms with Gasteiger partial charge in [0.05, 0.1) is 18.2 Å². The minimum atomic E-state index is -0.141. The lowest BCUT2D eigenvalue weighted by Gasteiger charge is -2.22. The second-order valence-electron chi connectivity index (χ2n) is 5.53. The van der Waals surface area contributed by atoms with E-state index in [1.807, 2.05) is 18.6 Å². The molecule has 0 aliphatic carbocycles. The summed E-state index contributed by atoms with van der Waals surface area (Å²) in [4.78, 5) is 22.3. The lowest BCUT2D eigenvalue weighted by atomic mass is 10.2. The molecule has 5 nitrogen and oxygen atoms in total. The third kappa shape index (κ3) is 3.15. The predicted octanol–water partition coefficient (Wildman–Crippen LogP) is 2.88. The number of likely N-dealkylation sites (N-methyl/N-ethyl adjacent to an activating group) is 1. The molecule has 1 saturated heterocycles. The number of rotatable bonds is 5. The molecule has 0 spiro atoms. The third-order valence-electron chi connectivity index (χ3n) is 4.05. The summed E-state index contributed by atoms with van der Waals surface area (Å²) in [5, 5.41) is 12.8. The van der Waals surface area contributed by atoms with Gasteiger partial charge in [0.15, 0.2) is 0 Å². The van der Waals surface area contributed by atoms with Crippen molar-refractivity contribution in [2.24, 2.45) is 0 Å². The normalized spacial score (nSPS) is 17.9. The van der Waals surface area contributed by atoms with Gasteiger partial charge in [0.25, 0.3) is 0 Å². The van der Waals surface area contributed by atoms with E-state index in [0.717, 1.165) is 22.9 Å². The summed E-state index contributed by atoms with van der Waals surface area (Å²) in [5.74, 6) is 0.0821. The molecule has 0 radical (unpaired) electrons. The van der Waals surface area contributed by atoms with Crippen molar-refractivity contribution in [2.45, 2.75) is 32.4 Å². The zero-order valence-corrected chi connectivity index (χ0v) is 14.8. The van der Waals surface area contributed by atoms with Crippen molar-refractivity contribution < 1.29 is 4.79 Å². The number of nitrogens with zero attached hydrogens (tertiary/aromatic N) is 4. The van der Waals surface area contributed by atoms with Gasteiger partial charge in [-0.1, -0.05) is 6.92 Å². The third-order valence-corrected chi connectivity index (χ3v) is 6.12. The highest BCUT2D eigenvalue weighted by Gasteiger charge is 2.36. The Morgan fingerprint density at radius 2 is 2.39 bits per heavy atom. The van der Waals surface area contributed by atoms with Crippen LogP contribution < -0.4 is 4.90 Å². The van der Waals surface area contributed by atoms with Crippen LogP contribution in [0.25, 0.3) is 0 Å². The quantitative estimate of drug-likeness (QED) is 0.835. The number of carbonyl (C=O) groups excluding carboxylic acids is 1. The van der Waals surface area contributed by atoms with Gasteiger partial charge < -0.3 is 4.90 Å². The first kappa shape index (κ1) is 16.1. The second kappa shape index (κ2) is 6.79. The first-order valence-electron chi connectivity index (χ1n) is 7.56. The number of hydrogen-bond donors (Lipinski definition) is 0. The molecule has 2 aromatic rings. The van der Waals surface area contributed by atoms with Gasteiger partial charge >= 0.3 is 0 Å². The summed E-state index contributed by atoms with van der Waals surface area (Å²) in [5.41, 5.74) is 0.583. The molecule has 0 aromatic carbocycles. The van der Waals surface area contributed by atoms with E-state index >= 15 is 0 Å². The number of thiazole rings is 1. The molecule has 23 heavy (non-hydrogen) atoms. The molecule has 0 bridgehead atoms. The van der Waals surface area contributed by atoms with Crippen molar-refractivity contribution in [2.75, 3.05) is 18.5 Å². The average Bonchev–Trinajstić information content (AvgIpc) is 3.25. The average molecular weight is 346 g/mol. The van der Waals surface area contributed by atoms with Crippen molar-refractivity contribution in [3.63, 3.8) is 0 Å². The van der Waals surface area contributed by atoms with Crippen LogP contribution >= 0.6 is 22.7 Å². The van der Waals surface area contributed by atoms with Crippen molar-refractivity contribution in [1.29, 1.82) is 5.26 Å². The van der Waals surface area contributed by atoms with Gasteiger partial charge in [0.1, 0.15) is 16.1 Å². The molecular formula is C16H18N4OS2. The molecule has 3 heterocycles. The first-order chi connectivity index (χ1) is 11.1. The Morgan fingerprint density at radius 1 is 1.57 bits per heavy atom. The van der Waals surface area contributed by atoms with E-state index < -0.39 is 0 Å². The van der Waals surface area contributed by atoms with E-state index in [4.69, 9.17) is 5.26 Å². The number of aryl methyl sites for hydroxylation is 1. The molecule has 0 saturated carbocycles. The van der Waals surface area contributed by atoms with Gasteiger partial charge in [-0.3, -0.25) is 9.69 Å². The van der Waals surface area contributed by atoms with Gasteiger partial charge in [-0.25, -0.2) is 4.98 Å². The summed E-state index contributed by atoms with van der Waals surface area (Å²) in [6, 6.07) is 3.79. The number of amides is 1. The number of carbonyl (C=O) groups is 1. The maximum Gasteiger partial charge on any atom is 0.245 e. The van der Waals surface area contributed by atoms with Gasteiger partial charge in [0, 0.05) is 17.6 Å². The highest BCUT2D eigenvalue weighted by molar-refractivity contribution is 7.14. The van der Waals surface area contributed by atoms with Gasteiger partial charge in [-0.2, -0.15) is 5.26 Å². The zero-order valence-electron chi connectivity index (χ0n) is 13.2. The van der Waals surface area contributed by atoms with Crippen molar-refractivity contribution >= 4 is 33.6 Å². The Morgan fingerprint density at radius 3 is 3.09 bits per heavy atom. The fourth-order valence-corrected chi connectivity index (χ4v) is 4.59. The van der Waals surface area contributed by atoms with Gasteiger partial charge in [0.2, 0.25) is 5.91 Å². The predicted molar refractivity (Wildman–Crippen MR) is 92.8 cm³/mol. The minimum Gasteiger partial charge on any atom is -0.301 e. The summed E-state index contributed by atoms with van der Waals surface area (Å²) >= 11 is 3.16. The Hall–Kier alpha value is -1.75. The fraction of sp³-hybridized carbons (Fsp3) is 0.438. The molecule has 0 N–H and O–H groups in total. The molecule has 3 rings (SSSR count). The summed E-state index contributed by atoms with van der Waals surface area (Å²) in [6.45, 7) is 3.47. The van der Waals surface area contributed by atoms with Crippen LogP contribution in [-0.2, 0) is 17.8 Å². The first-order valence-corrected chi connectivity index (χ1v) is 9.26. The topological polar surface area (TPSA) is 60.2 Å². The molecule has 1 atom stereocenters. The number of nitriles is 1. The van der Waals surface area contributed by atoms with Crippen molar-refractivity contribution in [3.05, 3.63) is 33.1 Å². The molecule has 1 aliphatic heterocycles. The molecule has 1 aliphatic rings. The van der Waals surface area contributed by atoms with Crippen LogP contribution in [0.2, 0.25) is 0 Å². The van der Waals surface area contributed by atoms with Crippen LogP contribution in [0.4, 0.5) is 5.00 Å². The fourth-order valence-electron chi connectivity index (χ4n) is 2.78. The molecule has 1 amide bonds. The monoisotopic (exact) mass is 346 g/mol. The van der Waals surface area contributed by atoms with E-state index in [0.29, 0.717) is 18.7 Å². The van der Waals surface area contributed by atoms with Gasteiger partial charge in [-0.05, 0) is 31.3 Å². The molecule has 1 fully saturated rings. The van der Waals surface area contributed by atoms with Crippen molar-refractivity contribution in [1.82, 2.24) is 9.88 Å². The highest BCUT2D eigenvalue weighted by atomic mass is 32.1. The van der Waals surface area contributed by atoms with Crippen LogP contribution in [0.5, 0.6) is 0 Å². The number of anilines is 1. The van der Waals surface area contributed by atoms with E-state index in [9.17, 15) is 4.79 Å². The molecule has 2 aromatic heterocycles. The minimum absolute atomic E-state index is 0.0821. The van der Waals surface area contributed by atoms with Crippen LogP contribution in [0.1, 0.15) is 28.8 Å². The Balaban J connectivity index is 1.70. The Bertz CT molecular complexity index is 745. The lowest BCUT2D eigenvalue weighted by molar-refractivity contribution is -0.121. The van der Waals surface area contributed by atoms with Crippen LogP contribution in [-0.4, -0.2) is 35.4 Å². The van der Waals surface area contributed by atoms with Gasteiger partial charge in [-0.15, -0.1) is 22.7 Å². The highest BCUT2D eigenvalue weighted by Crippen LogP contribution is 2.32. The molecule has 7 heteroatoms. The molecule has 0 unspecified atom stereocenters. The van der Waals surface area contributed by atoms with E-state index in [-0.39, 0.29) is 11.9 Å². The molecule has 120 valence electrons. The van der Waals surface area contributed by atoms with E-state index in [1.54, 1.807) is 22.3 Å². The Labute approximate surface area is 143 Å². The lowest BCUT2D eigenvalue weighted by Crippen LogP contribution is -2.39. The largest absolute Gasteiger partial charge is 0.301 e. The number of hydrogen-bond acceptors (Lipinski definition) is 6. The Kier molecular flexibility index (Phi) is 4.76. The maximum absolute atomic E-state index is 12.7.